The van der Waals surface area contributed by atoms with Gasteiger partial charge >= 0.3 is 0 Å². The zero-order chi connectivity index (χ0) is 21.2. The molecule has 0 bridgehead atoms. The largest absolute Gasteiger partial charge is 0.336 e. The molecule has 1 aliphatic rings. The van der Waals surface area contributed by atoms with Gasteiger partial charge in [-0.15, -0.1) is 11.3 Å². The zero-order valence-electron chi connectivity index (χ0n) is 16.9. The predicted molar refractivity (Wildman–Crippen MR) is 122 cm³/mol. The van der Waals surface area contributed by atoms with Crippen molar-refractivity contribution < 1.29 is 4.79 Å². The summed E-state index contributed by atoms with van der Waals surface area (Å²) in [5.41, 5.74) is 2.30. The minimum absolute atomic E-state index is 0.131. The van der Waals surface area contributed by atoms with E-state index in [1.807, 2.05) is 12.1 Å². The molecule has 1 saturated heterocycles. The van der Waals surface area contributed by atoms with Crippen LogP contribution in [0.3, 0.4) is 0 Å². The average Bonchev–Trinajstić information content (AvgIpc) is 3.31. The van der Waals surface area contributed by atoms with Gasteiger partial charge in [-0.25, -0.2) is 4.98 Å². The fraction of sp³-hybridized carbons (Fsp3) is 0.208. The van der Waals surface area contributed by atoms with E-state index in [4.69, 9.17) is 0 Å². The van der Waals surface area contributed by atoms with Crippen molar-refractivity contribution in [3.05, 3.63) is 105 Å². The lowest BCUT2D eigenvalue weighted by atomic mass is 9.96. The fourth-order valence-corrected chi connectivity index (χ4v) is 4.88. The first-order valence-corrected chi connectivity index (χ1v) is 11.2. The van der Waals surface area contributed by atoms with Crippen LogP contribution in [-0.4, -0.2) is 51.3 Å². The van der Waals surface area contributed by atoms with Gasteiger partial charge in [0.05, 0.1) is 6.04 Å². The number of hydrogen-bond donors (Lipinski definition) is 0. The molecule has 31 heavy (non-hydrogen) atoms. The maximum atomic E-state index is 13.1. The van der Waals surface area contributed by atoms with Gasteiger partial charge < -0.3 is 4.90 Å². The Morgan fingerprint density at radius 2 is 1.52 bits per heavy atom. The Bertz CT molecular complexity index is 1210. The van der Waals surface area contributed by atoms with E-state index >= 15 is 0 Å². The number of nitrogens with zero attached hydrogens (tertiary/aromatic N) is 4. The van der Waals surface area contributed by atoms with E-state index in [2.05, 4.69) is 58.4 Å². The molecule has 156 valence electrons. The molecule has 1 amide bonds. The maximum Gasteiger partial charge on any atom is 0.271 e. The molecule has 0 radical (unpaired) electrons. The molecule has 5 rings (SSSR count). The van der Waals surface area contributed by atoms with Crippen LogP contribution >= 0.6 is 11.3 Å². The maximum absolute atomic E-state index is 13.1. The van der Waals surface area contributed by atoms with Crippen molar-refractivity contribution in [3.8, 4) is 0 Å². The van der Waals surface area contributed by atoms with Crippen molar-refractivity contribution in [2.75, 3.05) is 26.2 Å². The van der Waals surface area contributed by atoms with Gasteiger partial charge in [0.2, 0.25) is 0 Å². The van der Waals surface area contributed by atoms with Gasteiger partial charge in [-0.3, -0.25) is 18.9 Å². The van der Waals surface area contributed by atoms with Crippen molar-refractivity contribution in [3.63, 3.8) is 0 Å². The molecule has 1 aliphatic heterocycles. The molecule has 0 aliphatic carbocycles. The van der Waals surface area contributed by atoms with Crippen LogP contribution in [0.15, 0.2) is 83.2 Å². The third-order valence-corrected chi connectivity index (χ3v) is 6.54. The van der Waals surface area contributed by atoms with Crippen LogP contribution in [0.1, 0.15) is 27.5 Å². The molecular weight excluding hydrogens is 408 g/mol. The lowest BCUT2D eigenvalue weighted by Gasteiger charge is -2.39. The number of benzene rings is 2. The summed E-state index contributed by atoms with van der Waals surface area (Å²) < 4.78 is 1.44. The van der Waals surface area contributed by atoms with Gasteiger partial charge in [-0.05, 0) is 11.1 Å². The van der Waals surface area contributed by atoms with E-state index in [1.165, 1.54) is 33.1 Å². The molecule has 1 fully saturated rings. The Morgan fingerprint density at radius 3 is 2.13 bits per heavy atom. The number of rotatable bonds is 4. The number of piperazine rings is 1. The van der Waals surface area contributed by atoms with Crippen molar-refractivity contribution in [2.24, 2.45) is 0 Å². The summed E-state index contributed by atoms with van der Waals surface area (Å²) >= 11 is 1.38. The highest BCUT2D eigenvalue weighted by Gasteiger charge is 2.29. The lowest BCUT2D eigenvalue weighted by molar-refractivity contribution is 0.0595. The van der Waals surface area contributed by atoms with Crippen LogP contribution in [0.5, 0.6) is 0 Å². The lowest BCUT2D eigenvalue weighted by Crippen LogP contribution is -2.50. The number of fused-ring (bicyclic) bond motifs is 1. The van der Waals surface area contributed by atoms with E-state index in [0.717, 1.165) is 13.1 Å². The Kier molecular flexibility index (Phi) is 5.36. The van der Waals surface area contributed by atoms with Gasteiger partial charge in [0.1, 0.15) is 5.56 Å². The van der Waals surface area contributed by atoms with E-state index < -0.39 is 0 Å². The summed E-state index contributed by atoms with van der Waals surface area (Å²) in [6.07, 6.45) is 3.08. The standard InChI is InChI=1S/C24H22N4O2S/c29-22(20-17-25-24-28(23(20)30)15-16-31-24)27-13-11-26(12-14-27)21(18-7-3-1-4-8-18)19-9-5-2-6-10-19/h1-10,15-17,21H,11-14H2. The monoisotopic (exact) mass is 430 g/mol. The summed E-state index contributed by atoms with van der Waals surface area (Å²) in [6.45, 7) is 2.60. The number of hydrogen-bond acceptors (Lipinski definition) is 5. The van der Waals surface area contributed by atoms with Crippen LogP contribution < -0.4 is 5.56 Å². The number of thiazole rings is 1. The van der Waals surface area contributed by atoms with E-state index in [-0.39, 0.29) is 23.1 Å². The van der Waals surface area contributed by atoms with E-state index in [1.54, 1.807) is 16.5 Å². The molecule has 0 saturated carbocycles. The third kappa shape index (κ3) is 3.78. The average molecular weight is 431 g/mol. The molecule has 0 N–H and O–H groups in total. The second-order valence-corrected chi connectivity index (χ2v) is 8.46. The van der Waals surface area contributed by atoms with E-state index in [0.29, 0.717) is 18.1 Å². The molecule has 0 atom stereocenters. The molecule has 2 aromatic carbocycles. The van der Waals surface area contributed by atoms with Crippen LogP contribution in [0.25, 0.3) is 4.96 Å². The first kappa shape index (κ1) is 19.7. The zero-order valence-corrected chi connectivity index (χ0v) is 17.7. The number of amides is 1. The fourth-order valence-electron chi connectivity index (χ4n) is 4.21. The second kappa shape index (κ2) is 8.45. The van der Waals surface area contributed by atoms with E-state index in [9.17, 15) is 9.59 Å². The summed E-state index contributed by atoms with van der Waals surface area (Å²) in [5, 5.41) is 1.80. The van der Waals surface area contributed by atoms with Crippen molar-refractivity contribution >= 4 is 22.2 Å². The quantitative estimate of drug-likeness (QED) is 0.499. The normalized spacial score (nSPS) is 14.9. The summed E-state index contributed by atoms with van der Waals surface area (Å²) in [4.78, 5) is 34.8. The number of aromatic nitrogens is 2. The van der Waals surface area contributed by atoms with Gasteiger partial charge in [-0.1, -0.05) is 60.7 Å². The van der Waals surface area contributed by atoms with Crippen LogP contribution in [0.4, 0.5) is 0 Å². The third-order valence-electron chi connectivity index (χ3n) is 5.77. The smallest absolute Gasteiger partial charge is 0.271 e. The second-order valence-electron chi connectivity index (χ2n) is 7.58. The van der Waals surface area contributed by atoms with Gasteiger partial charge in [-0.2, -0.15) is 0 Å². The molecular formula is C24H22N4O2S. The molecule has 6 nitrogen and oxygen atoms in total. The minimum atomic E-state index is -0.301. The highest BCUT2D eigenvalue weighted by molar-refractivity contribution is 7.15. The molecule has 0 unspecified atom stereocenters. The molecule has 3 heterocycles. The van der Waals surface area contributed by atoms with Crippen molar-refractivity contribution in [2.45, 2.75) is 6.04 Å². The number of carbonyl (C=O) groups excluding carboxylic acids is 1. The SMILES string of the molecule is O=C(c1cnc2sccn2c1=O)N1CCN(C(c2ccccc2)c2ccccc2)CC1. The first-order valence-electron chi connectivity index (χ1n) is 10.3. The first-order chi connectivity index (χ1) is 15.2. The van der Waals surface area contributed by atoms with Gasteiger partial charge in [0.15, 0.2) is 4.96 Å². The van der Waals surface area contributed by atoms with Crippen LogP contribution in [0.2, 0.25) is 0 Å². The van der Waals surface area contributed by atoms with Crippen LogP contribution in [-0.2, 0) is 0 Å². The predicted octanol–water partition coefficient (Wildman–Crippen LogP) is 3.30. The van der Waals surface area contributed by atoms with Crippen molar-refractivity contribution in [1.29, 1.82) is 0 Å². The summed E-state index contributed by atoms with van der Waals surface area (Å²) in [6, 6.07) is 21.0. The highest BCUT2D eigenvalue weighted by atomic mass is 32.1. The summed E-state index contributed by atoms with van der Waals surface area (Å²) in [5.74, 6) is -0.242. The Labute approximate surface area is 184 Å². The Hall–Kier alpha value is -3.29. The molecule has 4 aromatic rings. The molecule has 7 heteroatoms. The Morgan fingerprint density at radius 1 is 0.903 bits per heavy atom. The molecule has 2 aromatic heterocycles. The molecule has 0 spiro atoms. The summed E-state index contributed by atoms with van der Waals surface area (Å²) in [7, 11) is 0. The Balaban J connectivity index is 1.36. The van der Waals surface area contributed by atoms with Gasteiger partial charge in [0.25, 0.3) is 11.5 Å². The van der Waals surface area contributed by atoms with Crippen LogP contribution in [0, 0.1) is 0 Å². The number of carbonyl (C=O) groups is 1. The minimum Gasteiger partial charge on any atom is -0.336 e. The van der Waals surface area contributed by atoms with Gasteiger partial charge in [0, 0.05) is 44.0 Å². The van der Waals surface area contributed by atoms with Crippen molar-refractivity contribution in [1.82, 2.24) is 19.2 Å². The highest BCUT2D eigenvalue weighted by Crippen LogP contribution is 2.29. The topological polar surface area (TPSA) is 57.9 Å².